The molecule has 0 saturated carbocycles. The van der Waals surface area contributed by atoms with Crippen molar-refractivity contribution in [3.8, 4) is 0 Å². The number of fused-ring (bicyclic) bond motifs is 2. The summed E-state index contributed by atoms with van der Waals surface area (Å²) in [6.07, 6.45) is -0.0548. The number of amides is 1. The van der Waals surface area contributed by atoms with Crippen molar-refractivity contribution in [2.75, 3.05) is 5.32 Å². The second kappa shape index (κ2) is 5.52. The minimum absolute atomic E-state index is 0.361. The van der Waals surface area contributed by atoms with Gasteiger partial charge in [0.25, 0.3) is 0 Å². The maximum atomic E-state index is 11.7. The first-order valence-electron chi connectivity index (χ1n) is 7.01. The topological polar surface area (TPSA) is 81.4 Å². The van der Waals surface area contributed by atoms with Crippen LogP contribution in [0.5, 0.6) is 0 Å². The Morgan fingerprint density at radius 2 is 1.86 bits per heavy atom. The largest absolute Gasteiger partial charge is 0.457 e. The van der Waals surface area contributed by atoms with E-state index >= 15 is 0 Å². The van der Waals surface area contributed by atoms with Gasteiger partial charge in [-0.3, -0.25) is 9.59 Å². The molecule has 1 aliphatic heterocycles. The predicted octanol–water partition coefficient (Wildman–Crippen LogP) is 2.69. The van der Waals surface area contributed by atoms with Gasteiger partial charge in [-0.1, -0.05) is 24.3 Å². The fraction of sp³-hybridized carbons (Fsp3) is 0.176. The van der Waals surface area contributed by atoms with Gasteiger partial charge in [-0.25, -0.2) is 0 Å². The Morgan fingerprint density at radius 3 is 2.59 bits per heavy atom. The number of hydrogen-bond acceptors (Lipinski definition) is 4. The van der Waals surface area contributed by atoms with Crippen LogP contribution in [0.15, 0.2) is 42.5 Å². The van der Waals surface area contributed by atoms with E-state index in [1.54, 1.807) is 12.1 Å². The second-order valence-electron chi connectivity index (χ2n) is 5.21. The van der Waals surface area contributed by atoms with Crippen LogP contribution < -0.4 is 11.1 Å². The summed E-state index contributed by atoms with van der Waals surface area (Å²) in [4.78, 5) is 23.1. The van der Waals surface area contributed by atoms with E-state index in [2.05, 4.69) is 5.32 Å². The first kappa shape index (κ1) is 14.1. The molecule has 112 valence electrons. The van der Waals surface area contributed by atoms with Crippen molar-refractivity contribution in [3.05, 3.63) is 59.2 Å². The molecule has 0 unspecified atom stereocenters. The van der Waals surface area contributed by atoms with Crippen LogP contribution in [-0.2, 0) is 16.0 Å². The van der Waals surface area contributed by atoms with E-state index in [0.29, 0.717) is 12.0 Å². The number of benzene rings is 2. The Balaban J connectivity index is 2.15. The Hall–Kier alpha value is -2.82. The number of nitrogens with one attached hydrogen (secondary N) is 1. The van der Waals surface area contributed by atoms with E-state index in [4.69, 9.17) is 10.5 Å². The van der Waals surface area contributed by atoms with Gasteiger partial charge in [0.2, 0.25) is 5.91 Å². The van der Waals surface area contributed by atoms with Gasteiger partial charge in [0.15, 0.2) is 0 Å². The van der Waals surface area contributed by atoms with E-state index in [1.165, 1.54) is 6.92 Å². The molecule has 0 fully saturated rings. The molecule has 1 aliphatic rings. The van der Waals surface area contributed by atoms with Gasteiger partial charge >= 0.3 is 5.97 Å². The molecule has 1 atom stereocenters. The summed E-state index contributed by atoms with van der Waals surface area (Å²) in [6.45, 7) is 1.38. The van der Waals surface area contributed by atoms with Crippen molar-refractivity contribution in [1.29, 1.82) is 0 Å². The quantitative estimate of drug-likeness (QED) is 0.835. The van der Waals surface area contributed by atoms with Crippen molar-refractivity contribution in [2.24, 2.45) is 5.73 Å². The van der Waals surface area contributed by atoms with Crippen molar-refractivity contribution < 1.29 is 14.3 Å². The van der Waals surface area contributed by atoms with Gasteiger partial charge in [0.05, 0.1) is 0 Å². The second-order valence-corrected chi connectivity index (χ2v) is 5.21. The molecule has 1 amide bonds. The molecule has 2 aromatic rings. The third kappa shape index (κ3) is 2.53. The highest BCUT2D eigenvalue weighted by Gasteiger charge is 2.26. The van der Waals surface area contributed by atoms with Crippen LogP contribution in [-0.4, -0.2) is 11.9 Å². The Bertz CT molecular complexity index is 755. The molecule has 0 spiro atoms. The van der Waals surface area contributed by atoms with E-state index < -0.39 is 12.0 Å². The summed E-state index contributed by atoms with van der Waals surface area (Å²) < 4.78 is 5.46. The zero-order chi connectivity index (χ0) is 15.7. The zero-order valence-electron chi connectivity index (χ0n) is 12.1. The summed E-state index contributed by atoms with van der Waals surface area (Å²) in [5, 5.41) is 3.30. The molecule has 0 bridgehead atoms. The third-order valence-corrected chi connectivity index (χ3v) is 3.72. The van der Waals surface area contributed by atoms with Crippen LogP contribution in [0.25, 0.3) is 0 Å². The Labute approximate surface area is 128 Å². The summed E-state index contributed by atoms with van der Waals surface area (Å²) >= 11 is 0. The number of ether oxygens (including phenoxy) is 1. The Morgan fingerprint density at radius 1 is 1.14 bits per heavy atom. The summed E-state index contributed by atoms with van der Waals surface area (Å²) in [7, 11) is 0. The van der Waals surface area contributed by atoms with Crippen LogP contribution >= 0.6 is 0 Å². The van der Waals surface area contributed by atoms with Gasteiger partial charge in [0, 0.05) is 35.8 Å². The first-order chi connectivity index (χ1) is 10.6. The lowest BCUT2D eigenvalue weighted by atomic mass is 9.97. The zero-order valence-corrected chi connectivity index (χ0v) is 12.1. The van der Waals surface area contributed by atoms with Crippen LogP contribution in [0.2, 0.25) is 0 Å². The van der Waals surface area contributed by atoms with Crippen LogP contribution in [0.3, 0.4) is 0 Å². The van der Waals surface area contributed by atoms with Gasteiger partial charge < -0.3 is 15.8 Å². The molecule has 1 heterocycles. The predicted molar refractivity (Wildman–Crippen MR) is 82.9 cm³/mol. The summed E-state index contributed by atoms with van der Waals surface area (Å²) in [5.74, 6) is -0.856. The smallest absolute Gasteiger partial charge is 0.303 e. The van der Waals surface area contributed by atoms with Gasteiger partial charge in [0.1, 0.15) is 6.10 Å². The molecule has 0 aromatic heterocycles. The van der Waals surface area contributed by atoms with Gasteiger partial charge in [-0.15, -0.1) is 0 Å². The molecule has 0 saturated heterocycles. The van der Waals surface area contributed by atoms with Crippen molar-refractivity contribution >= 4 is 23.3 Å². The average molecular weight is 296 g/mol. The maximum Gasteiger partial charge on any atom is 0.303 e. The van der Waals surface area contributed by atoms with Crippen LogP contribution in [0.4, 0.5) is 11.4 Å². The molecule has 2 aromatic carbocycles. The highest BCUT2D eigenvalue weighted by atomic mass is 16.5. The van der Waals surface area contributed by atoms with E-state index in [9.17, 15) is 9.59 Å². The lowest BCUT2D eigenvalue weighted by Gasteiger charge is -2.17. The lowest BCUT2D eigenvalue weighted by molar-refractivity contribution is -0.146. The van der Waals surface area contributed by atoms with E-state index in [-0.39, 0.29) is 5.97 Å². The van der Waals surface area contributed by atoms with Crippen LogP contribution in [0.1, 0.15) is 34.5 Å². The molecule has 3 rings (SSSR count). The molecular formula is C17H16N2O3. The highest BCUT2D eigenvalue weighted by Crippen LogP contribution is 2.38. The number of anilines is 2. The Kier molecular flexibility index (Phi) is 3.55. The highest BCUT2D eigenvalue weighted by molar-refractivity contribution is 5.96. The maximum absolute atomic E-state index is 11.7. The SMILES string of the molecule is CC(=O)O[C@H]1Cc2c(cccc2C(N)=O)Nc2ccccc21. The van der Waals surface area contributed by atoms with Gasteiger partial charge in [-0.05, 0) is 23.8 Å². The molecule has 5 nitrogen and oxygen atoms in total. The number of esters is 1. The molecule has 0 radical (unpaired) electrons. The fourth-order valence-electron chi connectivity index (χ4n) is 2.79. The molecule has 3 N–H and O–H groups in total. The van der Waals surface area contributed by atoms with Crippen molar-refractivity contribution in [3.63, 3.8) is 0 Å². The third-order valence-electron chi connectivity index (χ3n) is 3.72. The first-order valence-corrected chi connectivity index (χ1v) is 7.01. The molecule has 22 heavy (non-hydrogen) atoms. The minimum Gasteiger partial charge on any atom is -0.457 e. The number of carbonyl (C=O) groups is 2. The lowest BCUT2D eigenvalue weighted by Crippen LogP contribution is -2.16. The number of hydrogen-bond donors (Lipinski definition) is 2. The number of nitrogens with two attached hydrogens (primary N) is 1. The molecule has 5 heteroatoms. The van der Waals surface area contributed by atoms with Gasteiger partial charge in [-0.2, -0.15) is 0 Å². The number of carbonyl (C=O) groups excluding carboxylic acids is 2. The fourth-order valence-corrected chi connectivity index (χ4v) is 2.79. The minimum atomic E-state index is -0.494. The number of rotatable bonds is 2. The molecular weight excluding hydrogens is 280 g/mol. The normalized spacial score (nSPS) is 15.8. The van der Waals surface area contributed by atoms with Crippen molar-refractivity contribution in [1.82, 2.24) is 0 Å². The van der Waals surface area contributed by atoms with Crippen molar-refractivity contribution in [2.45, 2.75) is 19.4 Å². The number of primary amides is 1. The van der Waals surface area contributed by atoms with E-state index in [0.717, 1.165) is 22.5 Å². The standard InChI is InChI=1S/C17H16N2O3/c1-10(20)22-16-9-13-11(17(18)21)6-4-8-15(13)19-14-7-3-2-5-12(14)16/h2-8,16,19H,9H2,1H3,(H2,18,21)/t16-/m0/s1. The van der Waals surface area contributed by atoms with E-state index in [1.807, 2.05) is 30.3 Å². The average Bonchev–Trinajstić information content (AvgIpc) is 2.62. The summed E-state index contributed by atoms with van der Waals surface area (Å²) in [5.41, 5.74) is 9.21. The summed E-state index contributed by atoms with van der Waals surface area (Å²) in [6, 6.07) is 13.0. The van der Waals surface area contributed by atoms with Crippen LogP contribution in [0, 0.1) is 0 Å². The number of para-hydroxylation sites is 1. The molecule has 0 aliphatic carbocycles. The monoisotopic (exact) mass is 296 g/mol.